The molecule has 0 spiro atoms. The molecule has 2 aliphatic rings. The van der Waals surface area contributed by atoms with Gasteiger partial charge in [-0.25, -0.2) is 0 Å². The lowest BCUT2D eigenvalue weighted by atomic mass is 9.95. The molecule has 0 bridgehead atoms. The van der Waals surface area contributed by atoms with Gasteiger partial charge in [-0.05, 0) is 43.4 Å². The van der Waals surface area contributed by atoms with Gasteiger partial charge in [0.25, 0.3) is 0 Å². The number of hydrogen-bond donors (Lipinski definition) is 1. The molecule has 0 unspecified atom stereocenters. The molecule has 170 valence electrons. The smallest absolute Gasteiger partial charge is 0.226 e. The number of carbonyl (C=O) groups is 1. The van der Waals surface area contributed by atoms with Gasteiger partial charge in [0.05, 0.1) is 12.5 Å². The molecule has 4 rings (SSSR count). The molecule has 2 saturated carbocycles. The number of halogens is 2. The van der Waals surface area contributed by atoms with Crippen molar-refractivity contribution in [1.82, 2.24) is 9.88 Å². The molecule has 1 amide bonds. The van der Waals surface area contributed by atoms with E-state index in [4.69, 9.17) is 16.6 Å². The van der Waals surface area contributed by atoms with Crippen LogP contribution in [0.15, 0.2) is 34.6 Å². The average molecular weight is 483 g/mol. The summed E-state index contributed by atoms with van der Waals surface area (Å²) in [5.74, 6) is 0.0662. The first kappa shape index (κ1) is 24.3. The van der Waals surface area contributed by atoms with Crippen LogP contribution in [0.4, 0.5) is 0 Å². The summed E-state index contributed by atoms with van der Waals surface area (Å²) in [6.07, 6.45) is 13.1. The van der Waals surface area contributed by atoms with Gasteiger partial charge >= 0.3 is 0 Å². The van der Waals surface area contributed by atoms with Gasteiger partial charge in [-0.15, -0.1) is 23.7 Å². The molecule has 1 heterocycles. The first-order valence-corrected chi connectivity index (χ1v) is 12.7. The highest BCUT2D eigenvalue weighted by molar-refractivity contribution is 7.07. The molecule has 2 aliphatic carbocycles. The van der Waals surface area contributed by atoms with E-state index in [-0.39, 0.29) is 18.3 Å². The second-order valence-electron chi connectivity index (χ2n) is 8.67. The van der Waals surface area contributed by atoms with E-state index in [0.717, 1.165) is 16.1 Å². The second-order valence-corrected chi connectivity index (χ2v) is 9.95. The zero-order valence-corrected chi connectivity index (χ0v) is 20.4. The molecule has 2 fully saturated rings. The largest absolute Gasteiger partial charge is 0.352 e. The van der Waals surface area contributed by atoms with Crippen LogP contribution in [0.5, 0.6) is 0 Å². The van der Waals surface area contributed by atoms with Crippen LogP contribution >= 0.6 is 35.3 Å². The first-order chi connectivity index (χ1) is 14.7. The van der Waals surface area contributed by atoms with Crippen molar-refractivity contribution in [3.63, 3.8) is 0 Å². The Bertz CT molecular complexity index is 894. The fraction of sp³-hybridized carbons (Fsp3) is 0.583. The number of thiazole rings is 1. The lowest BCUT2D eigenvalue weighted by Crippen LogP contribution is -2.30. The van der Waals surface area contributed by atoms with E-state index in [1.807, 2.05) is 24.3 Å². The second kappa shape index (κ2) is 12.1. The summed E-state index contributed by atoms with van der Waals surface area (Å²) in [7, 11) is 0. The third-order valence-electron chi connectivity index (χ3n) is 6.37. The Hall–Kier alpha value is -1.30. The quantitative estimate of drug-likeness (QED) is 0.522. The predicted octanol–water partition coefficient (Wildman–Crippen LogP) is 6.22. The zero-order valence-electron chi connectivity index (χ0n) is 18.0. The van der Waals surface area contributed by atoms with E-state index in [9.17, 15) is 4.79 Å². The molecule has 4 nitrogen and oxygen atoms in total. The van der Waals surface area contributed by atoms with Gasteiger partial charge in [0, 0.05) is 28.7 Å². The minimum absolute atomic E-state index is 0. The number of benzene rings is 1. The van der Waals surface area contributed by atoms with Crippen molar-refractivity contribution in [2.45, 2.75) is 89.3 Å². The van der Waals surface area contributed by atoms with E-state index in [0.29, 0.717) is 30.1 Å². The van der Waals surface area contributed by atoms with Crippen molar-refractivity contribution in [3.05, 3.63) is 50.7 Å². The number of nitrogens with one attached hydrogen (secondary N) is 1. The Morgan fingerprint density at radius 3 is 2.35 bits per heavy atom. The minimum atomic E-state index is 0. The monoisotopic (exact) mass is 481 g/mol. The van der Waals surface area contributed by atoms with Crippen LogP contribution in [0.25, 0.3) is 0 Å². The van der Waals surface area contributed by atoms with E-state index < -0.39 is 0 Å². The third-order valence-corrected chi connectivity index (χ3v) is 7.52. The van der Waals surface area contributed by atoms with E-state index in [2.05, 4.69) is 15.3 Å². The van der Waals surface area contributed by atoms with Crippen LogP contribution in [0.2, 0.25) is 5.02 Å². The normalized spacial score (nSPS) is 18.5. The molecule has 2 aromatic rings. The van der Waals surface area contributed by atoms with Crippen molar-refractivity contribution in [3.8, 4) is 0 Å². The molecule has 7 heteroatoms. The Morgan fingerprint density at radius 2 is 1.68 bits per heavy atom. The number of rotatable bonds is 6. The number of hydrogen-bond acceptors (Lipinski definition) is 3. The summed E-state index contributed by atoms with van der Waals surface area (Å²) in [5, 5.41) is 5.95. The lowest BCUT2D eigenvalue weighted by Gasteiger charge is -2.26. The summed E-state index contributed by atoms with van der Waals surface area (Å²) in [4.78, 5) is 19.0. The van der Waals surface area contributed by atoms with E-state index in [1.54, 1.807) is 11.3 Å². The van der Waals surface area contributed by atoms with Crippen molar-refractivity contribution in [1.29, 1.82) is 0 Å². The van der Waals surface area contributed by atoms with Gasteiger partial charge in [-0.2, -0.15) is 0 Å². The maximum absolute atomic E-state index is 12.7. The molecule has 0 atom stereocenters. The van der Waals surface area contributed by atoms with Crippen LogP contribution in [0, 0.1) is 0 Å². The molecule has 1 aromatic heterocycles. The predicted molar refractivity (Wildman–Crippen MR) is 131 cm³/mol. The summed E-state index contributed by atoms with van der Waals surface area (Å²) in [6.45, 7) is 0.531. The Balaban J connectivity index is 0.00000272. The zero-order chi connectivity index (χ0) is 20.8. The Labute approximate surface area is 200 Å². The summed E-state index contributed by atoms with van der Waals surface area (Å²) >= 11 is 7.67. The van der Waals surface area contributed by atoms with Gasteiger partial charge < -0.3 is 9.88 Å². The average Bonchev–Trinajstić information content (AvgIpc) is 3.16. The number of aromatic nitrogens is 1. The summed E-state index contributed by atoms with van der Waals surface area (Å²) in [5.41, 5.74) is 2.18. The standard InChI is InChI=1S/C24H32ClN3OS.ClH/c25-19-13-11-18(12-14-19)16-26-23(29)15-22-17-30-24(27-20-7-3-1-4-8-20)28(22)21-9-5-2-6-10-21;/h11-14,17,20-21H,1-10,15-16H2,(H,26,29);1H. The molecule has 0 aliphatic heterocycles. The van der Waals surface area contributed by atoms with Gasteiger partial charge in [-0.3, -0.25) is 9.79 Å². The van der Waals surface area contributed by atoms with E-state index >= 15 is 0 Å². The fourth-order valence-corrected chi connectivity index (χ4v) is 5.86. The summed E-state index contributed by atoms with van der Waals surface area (Å²) < 4.78 is 2.42. The highest BCUT2D eigenvalue weighted by atomic mass is 35.5. The van der Waals surface area contributed by atoms with Crippen LogP contribution in [-0.4, -0.2) is 16.5 Å². The number of amides is 1. The molecule has 0 radical (unpaired) electrons. The third kappa shape index (κ3) is 6.84. The molecular weight excluding hydrogens is 449 g/mol. The van der Waals surface area contributed by atoms with Crippen LogP contribution in [0.1, 0.15) is 81.5 Å². The van der Waals surface area contributed by atoms with Crippen LogP contribution < -0.4 is 10.1 Å². The maximum atomic E-state index is 12.7. The molecular formula is C24H33Cl2N3OS. The molecule has 1 aromatic carbocycles. The molecule has 1 N–H and O–H groups in total. The highest BCUT2D eigenvalue weighted by Crippen LogP contribution is 2.29. The highest BCUT2D eigenvalue weighted by Gasteiger charge is 2.21. The first-order valence-electron chi connectivity index (χ1n) is 11.4. The maximum Gasteiger partial charge on any atom is 0.226 e. The Morgan fingerprint density at radius 1 is 1.03 bits per heavy atom. The van der Waals surface area contributed by atoms with Gasteiger partial charge in [0.15, 0.2) is 4.80 Å². The fourth-order valence-electron chi connectivity index (χ4n) is 4.70. The number of carbonyl (C=O) groups excluding carboxylic acids is 1. The summed E-state index contributed by atoms with van der Waals surface area (Å²) in [6, 6.07) is 8.58. The van der Waals surface area contributed by atoms with Crippen LogP contribution in [0.3, 0.4) is 0 Å². The Kier molecular flexibility index (Phi) is 9.48. The van der Waals surface area contributed by atoms with Gasteiger partial charge in [-0.1, -0.05) is 62.3 Å². The van der Waals surface area contributed by atoms with Gasteiger partial charge in [0.2, 0.25) is 5.91 Å². The van der Waals surface area contributed by atoms with Crippen molar-refractivity contribution < 1.29 is 4.79 Å². The van der Waals surface area contributed by atoms with Crippen molar-refractivity contribution >= 4 is 41.3 Å². The molecule has 0 saturated heterocycles. The molecule has 31 heavy (non-hydrogen) atoms. The van der Waals surface area contributed by atoms with Crippen LogP contribution in [-0.2, 0) is 17.8 Å². The topological polar surface area (TPSA) is 46.4 Å². The minimum Gasteiger partial charge on any atom is -0.352 e. The van der Waals surface area contributed by atoms with Crippen molar-refractivity contribution in [2.24, 2.45) is 4.99 Å². The van der Waals surface area contributed by atoms with E-state index in [1.165, 1.54) is 64.2 Å². The number of nitrogens with zero attached hydrogens (tertiary/aromatic N) is 2. The van der Waals surface area contributed by atoms with Gasteiger partial charge in [0.1, 0.15) is 0 Å². The lowest BCUT2D eigenvalue weighted by molar-refractivity contribution is -0.120. The SMILES string of the molecule is Cl.O=C(Cc1csc(=NC2CCCCC2)n1C1CCCCC1)NCc1ccc(Cl)cc1. The van der Waals surface area contributed by atoms with Crippen molar-refractivity contribution in [2.75, 3.05) is 0 Å².